The van der Waals surface area contributed by atoms with Gasteiger partial charge in [-0.05, 0) is 174 Å². The maximum absolute atomic E-state index is 13.5. The first kappa shape index (κ1) is 69.3. The van der Waals surface area contributed by atoms with Crippen molar-refractivity contribution in [2.75, 3.05) is 12.0 Å². The largest absolute Gasteiger partial charge is 0.488 e. The number of hydrogen-bond acceptors (Lipinski definition) is 14. The number of hydrazine groups is 1. The Morgan fingerprint density at radius 2 is 1.24 bits per heavy atom. The molecule has 1 unspecified atom stereocenters. The molecule has 4 aromatic heterocycles. The molecule has 1 aliphatic carbocycles. The van der Waals surface area contributed by atoms with E-state index in [-0.39, 0.29) is 67.0 Å². The fraction of sp³-hybridized carbons (Fsp3) is 0.0938. The van der Waals surface area contributed by atoms with Crippen molar-refractivity contribution in [3.05, 3.63) is 296 Å². The summed E-state index contributed by atoms with van der Waals surface area (Å²) >= 11 is 15.2. The number of aliphatic imine (C=N–C) groups is 1. The Balaban J connectivity index is 0.000000170. The van der Waals surface area contributed by atoms with Gasteiger partial charge in [0.05, 0.1) is 18.8 Å². The van der Waals surface area contributed by atoms with E-state index in [1.54, 1.807) is 55.0 Å². The van der Waals surface area contributed by atoms with Crippen LogP contribution in [-0.4, -0.2) is 82.9 Å². The normalized spacial score (nSPS) is 13.8. The molecule has 0 saturated carbocycles. The van der Waals surface area contributed by atoms with Crippen molar-refractivity contribution in [2.45, 2.75) is 26.2 Å². The zero-order valence-electron chi connectivity index (χ0n) is 48.2. The molecule has 93 heavy (non-hydrogen) atoms. The molecule has 0 fully saturated rings. The first-order valence-corrected chi connectivity index (χ1v) is 30.3. The van der Waals surface area contributed by atoms with Gasteiger partial charge < -0.3 is 35.2 Å². The predicted octanol–water partition coefficient (Wildman–Crippen LogP) is 8.61. The van der Waals surface area contributed by atoms with Gasteiger partial charge in [-0.15, -0.1) is 0 Å². The number of rotatable bonds is 13. The third-order valence-electron chi connectivity index (χ3n) is 13.4. The molecule has 4 aromatic carbocycles. The summed E-state index contributed by atoms with van der Waals surface area (Å²) in [6.07, 6.45) is 17.2. The number of benzene rings is 4. The van der Waals surface area contributed by atoms with Gasteiger partial charge >= 0.3 is 7.12 Å². The molecule has 0 bridgehead atoms. The van der Waals surface area contributed by atoms with E-state index in [9.17, 15) is 56.4 Å². The number of nitrogens with one attached hydrogen (secondary N) is 4. The smallest absolute Gasteiger partial charge is 0.423 e. The molecule has 1 atom stereocenters. The van der Waals surface area contributed by atoms with E-state index in [1.165, 1.54) is 68.9 Å². The highest BCUT2D eigenvalue weighted by Crippen LogP contribution is 2.25. The average Bonchev–Trinajstić information content (AvgIpc) is 1.87. The minimum absolute atomic E-state index is 0.00618. The van der Waals surface area contributed by atoms with Gasteiger partial charge in [0.25, 0.3) is 34.7 Å². The second kappa shape index (κ2) is 33.2. The number of amides is 4. The highest BCUT2D eigenvalue weighted by molar-refractivity contribution is 9.12. The number of anilines is 1. The number of carbonyl (C=O) groups is 4. The van der Waals surface area contributed by atoms with Crippen LogP contribution < -0.4 is 43.9 Å². The van der Waals surface area contributed by atoms with E-state index in [1.807, 2.05) is 60.7 Å². The third kappa shape index (κ3) is 19.7. The Bertz CT molecular complexity index is 4400. The first-order valence-electron chi connectivity index (χ1n) is 27.5. The summed E-state index contributed by atoms with van der Waals surface area (Å²) in [5, 5.41) is 28.1. The molecule has 8 N–H and O–H groups in total. The summed E-state index contributed by atoms with van der Waals surface area (Å²) in [5.41, 5.74) is 8.53. The SMILES string of the molecule is Clc1ccc(Br)cn1.NNc1ccc(Br)cn1.O=C(NCc1cccc(B(O)O)c1)c1cccn(Cc2ccc(F)c(F)c2)c1=O.O=C(NCc1cccc(C2=CN3C(=O)CN=C3C=C2)c1)c1cccn(Cc2ccc(F)c(F)c2)c1=O.O=C1NN=C2C=CC(Br)=CC12. The van der Waals surface area contributed by atoms with Crippen LogP contribution in [0.3, 0.4) is 0 Å². The fourth-order valence-corrected chi connectivity index (χ4v) is 9.71. The summed E-state index contributed by atoms with van der Waals surface area (Å²) < 4.78 is 58.4. The Hall–Kier alpha value is -9.55. The van der Waals surface area contributed by atoms with Gasteiger partial charge in [-0.25, -0.2) is 38.8 Å². The number of fused-ring (bicyclic) bond motifs is 2. The highest BCUT2D eigenvalue weighted by Gasteiger charge is 2.28. The lowest BCUT2D eigenvalue weighted by molar-refractivity contribution is -0.123. The summed E-state index contributed by atoms with van der Waals surface area (Å²) in [6, 6.07) is 33.7. The molecule has 20 nitrogen and oxygen atoms in total. The lowest BCUT2D eigenvalue weighted by Gasteiger charge is -2.18. The van der Waals surface area contributed by atoms with E-state index in [0.717, 1.165) is 60.1 Å². The topological polar surface area (TPSA) is 281 Å². The summed E-state index contributed by atoms with van der Waals surface area (Å²) in [4.78, 5) is 87.0. The summed E-state index contributed by atoms with van der Waals surface area (Å²) in [5.74, 6) is 0.899. The first-order chi connectivity index (χ1) is 44.6. The highest BCUT2D eigenvalue weighted by atomic mass is 79.9. The predicted molar refractivity (Wildman–Crippen MR) is 356 cm³/mol. The average molecular weight is 1480 g/mol. The van der Waals surface area contributed by atoms with Crippen LogP contribution in [0, 0.1) is 29.2 Å². The lowest BCUT2D eigenvalue weighted by atomic mass is 9.79. The van der Waals surface area contributed by atoms with Gasteiger partial charge in [-0.2, -0.15) is 5.10 Å². The number of allylic oxidation sites excluding steroid dienone is 5. The molecule has 474 valence electrons. The van der Waals surface area contributed by atoms with E-state index in [4.69, 9.17) is 17.4 Å². The van der Waals surface area contributed by atoms with Gasteiger partial charge in [0.2, 0.25) is 0 Å². The van der Waals surface area contributed by atoms with Gasteiger partial charge in [-0.3, -0.25) is 38.7 Å². The number of carbonyl (C=O) groups excluding carboxylic acids is 4. The van der Waals surface area contributed by atoms with Crippen molar-refractivity contribution in [3.8, 4) is 0 Å². The van der Waals surface area contributed by atoms with Crippen molar-refractivity contribution >= 4 is 119 Å². The van der Waals surface area contributed by atoms with Crippen molar-refractivity contribution in [3.63, 3.8) is 0 Å². The zero-order valence-corrected chi connectivity index (χ0v) is 53.8. The monoisotopic (exact) mass is 1470 g/mol. The molecular weight excluding hydrogens is 1430 g/mol. The van der Waals surface area contributed by atoms with Crippen molar-refractivity contribution in [1.82, 2.24) is 40.1 Å². The van der Waals surface area contributed by atoms with E-state index < -0.39 is 53.3 Å². The van der Waals surface area contributed by atoms with Crippen LogP contribution >= 0.6 is 59.4 Å². The molecule has 4 amide bonds. The third-order valence-corrected chi connectivity index (χ3v) is 15.1. The number of hydrazone groups is 1. The Kier molecular flexibility index (Phi) is 24.7. The van der Waals surface area contributed by atoms with Crippen LogP contribution in [0.1, 0.15) is 48.5 Å². The van der Waals surface area contributed by atoms with Gasteiger partial charge in [0, 0.05) is 57.5 Å². The summed E-state index contributed by atoms with van der Waals surface area (Å²) in [7, 11) is -1.62. The van der Waals surface area contributed by atoms with Gasteiger partial charge in [0.15, 0.2) is 23.3 Å². The number of hydrogen-bond donors (Lipinski definition) is 7. The molecule has 29 heteroatoms. The van der Waals surface area contributed by atoms with Crippen LogP contribution in [0.15, 0.2) is 228 Å². The van der Waals surface area contributed by atoms with Crippen LogP contribution in [-0.2, 0) is 35.8 Å². The standard InChI is InChI=1S/C27H20F2N4O3.C20H17BF2N2O4.C7H5BrN2O.C5H3BrClN.C5H6BrN3/c28-22-8-6-18(12-23(22)29)15-32-10-2-5-21(27(32)36)26(35)31-13-17-3-1-4-19(11-17)20-7-9-24-30-14-25(34)33(24)16-20;22-17-7-6-14(10-18(17)23)12-25-8-2-5-16(20(25)27)19(26)24-11-13-3-1-4-15(9-13)21(28)29;8-4-1-2-6-5(3-4)7(11)10-9-6;6-4-1-2-5(7)8-3-4;6-4-1-2-5(9-7)8-3-4/h1-12,16H,13-15H2,(H,31,35);1-10,28-29H,11-12H2,(H,24,26);1-3,5H,(H,10,11);1-3H;1-3H,7H2,(H,8,9). The lowest BCUT2D eigenvalue weighted by Crippen LogP contribution is -2.33. The van der Waals surface area contributed by atoms with E-state index in [0.29, 0.717) is 33.5 Å². The molecule has 0 radical (unpaired) electrons. The summed E-state index contributed by atoms with van der Waals surface area (Å²) in [6.45, 7) is 0.367. The second-order valence-corrected chi connectivity index (χ2v) is 23.1. The Morgan fingerprint density at radius 1 is 0.656 bits per heavy atom. The van der Waals surface area contributed by atoms with Crippen molar-refractivity contribution in [2.24, 2.45) is 21.9 Å². The number of nitrogens with zero attached hydrogens (tertiary/aromatic N) is 7. The van der Waals surface area contributed by atoms with Gasteiger partial charge in [0.1, 0.15) is 40.4 Å². The van der Waals surface area contributed by atoms with E-state index >= 15 is 0 Å². The fourth-order valence-electron chi connectivity index (χ4n) is 8.73. The zero-order chi connectivity index (χ0) is 66.7. The Labute approximate surface area is 558 Å². The second-order valence-electron chi connectivity index (χ2n) is 19.9. The molecule has 12 rings (SSSR count). The number of pyridine rings is 4. The maximum atomic E-state index is 13.5. The Morgan fingerprint density at radius 3 is 1.77 bits per heavy atom. The number of amidine groups is 1. The van der Waals surface area contributed by atoms with Gasteiger partial charge in [-0.1, -0.05) is 88.2 Å². The number of aromatic nitrogens is 4. The van der Waals surface area contributed by atoms with Crippen LogP contribution in [0.2, 0.25) is 5.15 Å². The quantitative estimate of drug-likeness (QED) is 0.0188. The molecule has 8 aromatic rings. The minimum Gasteiger partial charge on any atom is -0.423 e. The molecule has 7 heterocycles. The number of halogens is 8. The number of nitrogens with two attached hydrogens (primary N) is 1. The van der Waals surface area contributed by atoms with E-state index in [2.05, 4.69) is 89.3 Å². The van der Waals surface area contributed by atoms with Crippen LogP contribution in [0.4, 0.5) is 23.4 Å². The molecule has 0 spiro atoms. The van der Waals surface area contributed by atoms with Crippen molar-refractivity contribution in [1.29, 1.82) is 0 Å². The number of nitrogen functional groups attached to an aromatic ring is 1. The van der Waals surface area contributed by atoms with Crippen LogP contribution in [0.5, 0.6) is 0 Å². The minimum atomic E-state index is -1.62. The molecule has 4 aliphatic rings. The van der Waals surface area contributed by atoms with Crippen molar-refractivity contribution < 1.29 is 46.8 Å². The molecule has 3 aliphatic heterocycles. The molecule has 0 saturated heterocycles. The maximum Gasteiger partial charge on any atom is 0.488 e. The van der Waals surface area contributed by atoms with Crippen LogP contribution in [0.25, 0.3) is 5.57 Å². The molecular formula is C64H51BBr3ClF4N12O8.